The largest absolute Gasteiger partial charge is 0.346 e. The molecular formula is C5H10Y3-2. The van der Waals surface area contributed by atoms with Crippen LogP contribution in [0, 0.1) is 13.3 Å². The predicted octanol–water partition coefficient (Wildman–Crippen LogP) is 1.82. The minimum atomic E-state index is 0. The fourth-order valence-corrected chi connectivity index (χ4v) is 0.167. The molecule has 0 aromatic carbocycles. The second-order valence-electron chi connectivity index (χ2n) is 0.986. The SMILES string of the molecule is [3H][CH-]CC[CH-]C.[Y].[Y].[Y]. The van der Waals surface area contributed by atoms with E-state index < -0.39 is 0 Å². The van der Waals surface area contributed by atoms with Crippen LogP contribution in [0.2, 0.25) is 0 Å². The summed E-state index contributed by atoms with van der Waals surface area (Å²) in [6.45, 7) is 3.43. The van der Waals surface area contributed by atoms with Gasteiger partial charge in [0.15, 0.2) is 0 Å². The van der Waals surface area contributed by atoms with E-state index in [0.29, 0.717) is 0 Å². The molecule has 0 N–H and O–H groups in total. The Morgan fingerprint density at radius 3 is 2.12 bits per heavy atom. The summed E-state index contributed by atoms with van der Waals surface area (Å²) >= 11 is 0. The summed E-state index contributed by atoms with van der Waals surface area (Å²) < 4.78 is 6.56. The van der Waals surface area contributed by atoms with Crippen molar-refractivity contribution in [3.8, 4) is 0 Å². The van der Waals surface area contributed by atoms with Crippen LogP contribution in [-0.2, 0) is 98.1 Å². The van der Waals surface area contributed by atoms with E-state index in [9.17, 15) is 0 Å². The van der Waals surface area contributed by atoms with Gasteiger partial charge in [0.05, 0.1) is 0 Å². The van der Waals surface area contributed by atoms with Crippen molar-refractivity contribution in [3.05, 3.63) is 13.3 Å². The molecule has 0 bridgehead atoms. The van der Waals surface area contributed by atoms with Crippen LogP contribution in [-0.4, -0.2) is 0 Å². The smallest absolute Gasteiger partial charge is 0 e. The standard InChI is InChI=1S/C5H10.3Y/c1-3-5-4-2;;;/h4H,1,3,5H2,2H3;;;/q-2;;;/i1T;;;. The minimum Gasteiger partial charge on any atom is -0.346 e. The van der Waals surface area contributed by atoms with Gasteiger partial charge in [-0.3, -0.25) is 0 Å². The van der Waals surface area contributed by atoms with Crippen LogP contribution >= 0.6 is 0 Å². The molecule has 3 heteroatoms. The van der Waals surface area contributed by atoms with Crippen LogP contribution in [0.1, 0.15) is 21.1 Å². The molecule has 0 heterocycles. The van der Waals surface area contributed by atoms with Crippen molar-refractivity contribution in [1.82, 2.24) is 0 Å². The van der Waals surface area contributed by atoms with Gasteiger partial charge < -0.3 is 13.3 Å². The summed E-state index contributed by atoms with van der Waals surface area (Å²) in [5.41, 5.74) is 0. The van der Waals surface area contributed by atoms with Gasteiger partial charge in [-0.1, -0.05) is 0 Å². The topological polar surface area (TPSA) is 0 Å². The molecule has 0 nitrogen and oxygen atoms in total. The van der Waals surface area contributed by atoms with E-state index in [-0.39, 0.29) is 98.1 Å². The third-order valence-electron chi connectivity index (χ3n) is 0.455. The fourth-order valence-electron chi connectivity index (χ4n) is 0.167. The number of hydrogen-bond donors (Lipinski definition) is 0. The van der Waals surface area contributed by atoms with Crippen molar-refractivity contribution in [2.45, 2.75) is 19.8 Å². The first kappa shape index (κ1) is 17.4. The molecule has 0 saturated carbocycles. The van der Waals surface area contributed by atoms with E-state index in [0.717, 1.165) is 12.8 Å². The van der Waals surface area contributed by atoms with Gasteiger partial charge in [0.1, 0.15) is 0 Å². The predicted molar refractivity (Wildman–Crippen MR) is 24.6 cm³/mol. The zero-order chi connectivity index (χ0) is 4.83. The maximum atomic E-state index is 6.56. The summed E-state index contributed by atoms with van der Waals surface area (Å²) in [6, 6.07) is 0. The molecule has 0 unspecified atom stereocenters. The van der Waals surface area contributed by atoms with Crippen LogP contribution in [0.5, 0.6) is 0 Å². The second kappa shape index (κ2) is 22.4. The van der Waals surface area contributed by atoms with Gasteiger partial charge in [-0.15, -0.1) is 0 Å². The van der Waals surface area contributed by atoms with Crippen molar-refractivity contribution in [2.75, 3.05) is 0 Å². The molecule has 0 aromatic heterocycles. The van der Waals surface area contributed by atoms with Crippen LogP contribution in [0.3, 0.4) is 0 Å². The van der Waals surface area contributed by atoms with Gasteiger partial charge in [-0.2, -0.15) is 6.92 Å². The van der Waals surface area contributed by atoms with Crippen molar-refractivity contribution in [3.63, 3.8) is 0 Å². The van der Waals surface area contributed by atoms with Crippen molar-refractivity contribution in [2.24, 2.45) is 0 Å². The summed E-state index contributed by atoms with van der Waals surface area (Å²) in [5, 5.41) is 0. The molecule has 8 heavy (non-hydrogen) atoms. The monoisotopic (exact) mass is 339 g/mol. The molecule has 0 saturated heterocycles. The Hall–Kier alpha value is 3.31. The zero-order valence-electron chi connectivity index (χ0n) is 6.30. The maximum absolute atomic E-state index is 6.56. The Morgan fingerprint density at radius 2 is 2.00 bits per heavy atom. The number of rotatable bonds is 3. The van der Waals surface area contributed by atoms with Gasteiger partial charge in [-0.25, -0.2) is 14.2 Å². The normalized spacial score (nSPS) is 6.88. The average Bonchev–Trinajstić information content (AvgIpc) is 1.61. The Morgan fingerprint density at radius 1 is 1.50 bits per heavy atom. The molecule has 41 valence electrons. The minimum absolute atomic E-state index is 0. The Labute approximate surface area is 130 Å². The van der Waals surface area contributed by atoms with Crippen LogP contribution < -0.4 is 0 Å². The molecule has 0 amide bonds. The average molecular weight is 339 g/mol. The molecule has 0 rings (SSSR count). The van der Waals surface area contributed by atoms with Gasteiger partial charge in [0.2, 0.25) is 0 Å². The van der Waals surface area contributed by atoms with Crippen LogP contribution in [0.25, 0.3) is 0 Å². The zero-order valence-corrected chi connectivity index (χ0v) is 13.8. The summed E-state index contributed by atoms with van der Waals surface area (Å²) in [6.07, 6.45) is 4.00. The summed E-state index contributed by atoms with van der Waals surface area (Å²) in [5.74, 6) is 0. The first-order chi connectivity index (χ1) is 2.91. The molecule has 0 atom stereocenters. The molecule has 0 fully saturated rings. The van der Waals surface area contributed by atoms with E-state index in [1.807, 2.05) is 6.92 Å². The third kappa shape index (κ3) is 22.8. The molecule has 3 radical (unpaired) electrons. The van der Waals surface area contributed by atoms with E-state index >= 15 is 0 Å². The van der Waals surface area contributed by atoms with Crippen molar-refractivity contribution in [1.29, 1.82) is 0 Å². The van der Waals surface area contributed by atoms with Crippen molar-refractivity contribution >= 4 is 0 Å². The molecule has 0 aliphatic carbocycles. The van der Waals surface area contributed by atoms with Crippen LogP contribution in [0.4, 0.5) is 0 Å². The fraction of sp³-hybridized carbons (Fsp3) is 0.600. The second-order valence-corrected chi connectivity index (χ2v) is 0.986. The first-order valence-electron chi connectivity index (χ1n) is 2.47. The van der Waals surface area contributed by atoms with Gasteiger partial charge >= 0.3 is 0 Å². The summed E-state index contributed by atoms with van der Waals surface area (Å²) in [7, 11) is 0. The number of hydrogen-bond acceptors (Lipinski definition) is 0. The van der Waals surface area contributed by atoms with E-state index in [4.69, 9.17) is 1.37 Å². The molecular weight excluding hydrogens is 327 g/mol. The van der Waals surface area contributed by atoms with Gasteiger partial charge in [0, 0.05) is 98.1 Å². The molecule has 0 aliphatic rings. The maximum Gasteiger partial charge on any atom is 0 e. The van der Waals surface area contributed by atoms with Crippen molar-refractivity contribution < 1.29 is 99.5 Å². The van der Waals surface area contributed by atoms with E-state index in [1.165, 1.54) is 6.90 Å². The Balaban J connectivity index is -0.0000000417. The Bertz CT molecular complexity index is 24.2. The third-order valence-corrected chi connectivity index (χ3v) is 0.455. The Kier molecular flexibility index (Phi) is 48.8. The number of unbranched alkanes of at least 4 members (excludes halogenated alkanes) is 2. The van der Waals surface area contributed by atoms with E-state index in [1.54, 1.807) is 0 Å². The van der Waals surface area contributed by atoms with Gasteiger partial charge in [-0.05, 0) is 0 Å². The van der Waals surface area contributed by atoms with Gasteiger partial charge in [0.25, 0.3) is 0 Å². The summed E-state index contributed by atoms with van der Waals surface area (Å²) in [4.78, 5) is 0. The van der Waals surface area contributed by atoms with Crippen LogP contribution in [0.15, 0.2) is 0 Å². The van der Waals surface area contributed by atoms with E-state index in [2.05, 4.69) is 6.42 Å². The first-order valence-corrected chi connectivity index (χ1v) is 1.89. The molecule has 0 aliphatic heterocycles. The molecule has 0 aromatic rings. The molecule has 0 spiro atoms. The quantitative estimate of drug-likeness (QED) is 0.544.